The fourth-order valence-electron chi connectivity index (χ4n) is 2.58. The summed E-state index contributed by atoms with van der Waals surface area (Å²) in [5.74, 6) is 7.12. The molecule has 3 rings (SSSR count). The predicted octanol–water partition coefficient (Wildman–Crippen LogP) is 2.71. The number of pyridine rings is 2. The van der Waals surface area contributed by atoms with Crippen LogP contribution in [0.25, 0.3) is 0 Å². The lowest BCUT2D eigenvalue weighted by Gasteiger charge is -2.36. The zero-order valence-corrected chi connectivity index (χ0v) is 13.5. The highest BCUT2D eigenvalue weighted by Gasteiger charge is 2.34. The van der Waals surface area contributed by atoms with Crippen molar-refractivity contribution in [2.24, 2.45) is 0 Å². The van der Waals surface area contributed by atoms with E-state index in [1.54, 1.807) is 19.4 Å². The standard InChI is InChI=1S/C18H19N3O2/c1-18(2)10-15(22-3)14-9-12(11-20-17(14)23-18)7-8-13-5-4-6-16(19)21-13/h4-6,9,11,15H,10H2,1-3H3,(H2,19,21). The monoisotopic (exact) mass is 309 g/mol. The molecule has 5 heteroatoms. The minimum Gasteiger partial charge on any atom is -0.471 e. The second-order valence-electron chi connectivity index (χ2n) is 6.11. The largest absolute Gasteiger partial charge is 0.471 e. The van der Waals surface area contributed by atoms with E-state index in [-0.39, 0.29) is 11.7 Å². The Morgan fingerprint density at radius 2 is 2.17 bits per heavy atom. The molecule has 0 saturated carbocycles. The van der Waals surface area contributed by atoms with Crippen LogP contribution in [0.5, 0.6) is 5.88 Å². The molecular formula is C18H19N3O2. The first-order valence-corrected chi connectivity index (χ1v) is 7.43. The number of nitrogens with two attached hydrogens (primary N) is 1. The number of nitrogen functional groups attached to an aromatic ring is 1. The second-order valence-corrected chi connectivity index (χ2v) is 6.11. The number of aromatic nitrogens is 2. The zero-order valence-electron chi connectivity index (χ0n) is 13.5. The van der Waals surface area contributed by atoms with Gasteiger partial charge in [-0.05, 0) is 38.0 Å². The molecule has 5 nitrogen and oxygen atoms in total. The average molecular weight is 309 g/mol. The van der Waals surface area contributed by atoms with E-state index in [1.165, 1.54) is 0 Å². The van der Waals surface area contributed by atoms with Gasteiger partial charge in [-0.15, -0.1) is 0 Å². The molecule has 0 spiro atoms. The van der Waals surface area contributed by atoms with Crippen molar-refractivity contribution < 1.29 is 9.47 Å². The van der Waals surface area contributed by atoms with Gasteiger partial charge in [0.25, 0.3) is 0 Å². The molecule has 2 N–H and O–H groups in total. The number of fused-ring (bicyclic) bond motifs is 1. The Hall–Kier alpha value is -2.58. The fraction of sp³-hybridized carbons (Fsp3) is 0.333. The molecule has 23 heavy (non-hydrogen) atoms. The third-order valence-electron chi connectivity index (χ3n) is 3.67. The Balaban J connectivity index is 1.93. The molecule has 0 aliphatic carbocycles. The van der Waals surface area contributed by atoms with E-state index in [2.05, 4.69) is 21.8 Å². The van der Waals surface area contributed by atoms with Crippen LogP contribution in [0.2, 0.25) is 0 Å². The van der Waals surface area contributed by atoms with Crippen LogP contribution in [0.3, 0.4) is 0 Å². The van der Waals surface area contributed by atoms with Crippen molar-refractivity contribution in [3.8, 4) is 17.7 Å². The number of rotatable bonds is 1. The first kappa shape index (κ1) is 15.3. The van der Waals surface area contributed by atoms with Gasteiger partial charge in [0, 0.05) is 30.9 Å². The number of methoxy groups -OCH3 is 1. The molecule has 118 valence electrons. The Labute approximate surface area is 135 Å². The second kappa shape index (κ2) is 5.90. The lowest BCUT2D eigenvalue weighted by Crippen LogP contribution is -2.35. The van der Waals surface area contributed by atoms with Gasteiger partial charge in [-0.1, -0.05) is 12.0 Å². The quantitative estimate of drug-likeness (QED) is 0.820. The van der Waals surface area contributed by atoms with E-state index >= 15 is 0 Å². The van der Waals surface area contributed by atoms with E-state index in [1.807, 2.05) is 32.0 Å². The summed E-state index contributed by atoms with van der Waals surface area (Å²) in [6.07, 6.45) is 2.42. The van der Waals surface area contributed by atoms with Crippen molar-refractivity contribution >= 4 is 5.82 Å². The summed E-state index contributed by atoms with van der Waals surface area (Å²) < 4.78 is 11.5. The zero-order chi connectivity index (χ0) is 16.4. The predicted molar refractivity (Wildman–Crippen MR) is 87.9 cm³/mol. The lowest BCUT2D eigenvalue weighted by molar-refractivity contribution is -0.0143. The van der Waals surface area contributed by atoms with Crippen LogP contribution >= 0.6 is 0 Å². The Bertz CT molecular complexity index is 790. The van der Waals surface area contributed by atoms with Crippen molar-refractivity contribution in [1.29, 1.82) is 0 Å². The van der Waals surface area contributed by atoms with Gasteiger partial charge >= 0.3 is 0 Å². The van der Waals surface area contributed by atoms with E-state index in [4.69, 9.17) is 15.2 Å². The van der Waals surface area contributed by atoms with E-state index < -0.39 is 0 Å². The minimum atomic E-state index is -0.292. The van der Waals surface area contributed by atoms with E-state index in [9.17, 15) is 0 Å². The van der Waals surface area contributed by atoms with Gasteiger partial charge in [-0.3, -0.25) is 0 Å². The SMILES string of the molecule is COC1CC(C)(C)Oc2ncc(C#Cc3cccc(N)n3)cc21. The number of hydrogen-bond acceptors (Lipinski definition) is 5. The van der Waals surface area contributed by atoms with Gasteiger partial charge in [0.2, 0.25) is 5.88 Å². The van der Waals surface area contributed by atoms with Crippen LogP contribution in [0.4, 0.5) is 5.82 Å². The maximum atomic E-state index is 5.92. The summed E-state index contributed by atoms with van der Waals surface area (Å²) >= 11 is 0. The third-order valence-corrected chi connectivity index (χ3v) is 3.67. The Kier molecular flexibility index (Phi) is 3.93. The molecule has 0 aromatic carbocycles. The van der Waals surface area contributed by atoms with Gasteiger partial charge in [0.1, 0.15) is 17.1 Å². The maximum Gasteiger partial charge on any atom is 0.219 e. The third kappa shape index (κ3) is 3.43. The highest BCUT2D eigenvalue weighted by molar-refractivity contribution is 5.45. The van der Waals surface area contributed by atoms with Crippen LogP contribution in [0.1, 0.15) is 43.2 Å². The molecule has 0 fully saturated rings. The van der Waals surface area contributed by atoms with Crippen LogP contribution in [0, 0.1) is 11.8 Å². The van der Waals surface area contributed by atoms with Crippen LogP contribution in [0.15, 0.2) is 30.5 Å². The summed E-state index contributed by atoms with van der Waals surface area (Å²) in [4.78, 5) is 8.55. The van der Waals surface area contributed by atoms with Crippen LogP contribution < -0.4 is 10.5 Å². The van der Waals surface area contributed by atoms with E-state index in [0.717, 1.165) is 17.5 Å². The Morgan fingerprint density at radius 3 is 2.91 bits per heavy atom. The number of nitrogens with zero attached hydrogens (tertiary/aromatic N) is 2. The molecule has 1 atom stereocenters. The molecule has 2 aromatic rings. The molecule has 2 aromatic heterocycles. The van der Waals surface area contributed by atoms with Crippen molar-refractivity contribution in [3.63, 3.8) is 0 Å². The number of hydrogen-bond donors (Lipinski definition) is 1. The van der Waals surface area contributed by atoms with Crippen molar-refractivity contribution in [2.75, 3.05) is 12.8 Å². The summed E-state index contributed by atoms with van der Waals surface area (Å²) in [6.45, 7) is 4.06. The van der Waals surface area contributed by atoms with Gasteiger partial charge < -0.3 is 15.2 Å². The van der Waals surface area contributed by atoms with Gasteiger partial charge in [-0.25, -0.2) is 9.97 Å². The van der Waals surface area contributed by atoms with Gasteiger partial charge in [0.15, 0.2) is 0 Å². The fourth-order valence-corrected chi connectivity index (χ4v) is 2.58. The smallest absolute Gasteiger partial charge is 0.219 e. The lowest BCUT2D eigenvalue weighted by atomic mass is 9.92. The highest BCUT2D eigenvalue weighted by Crippen LogP contribution is 2.39. The minimum absolute atomic E-state index is 0.0477. The molecule has 0 bridgehead atoms. The molecule has 3 heterocycles. The molecule has 1 aliphatic rings. The topological polar surface area (TPSA) is 70.3 Å². The van der Waals surface area contributed by atoms with Gasteiger partial charge in [0.05, 0.1) is 6.10 Å². The normalized spacial score (nSPS) is 18.3. The van der Waals surface area contributed by atoms with Crippen molar-refractivity contribution in [2.45, 2.75) is 32.0 Å². The van der Waals surface area contributed by atoms with Gasteiger partial charge in [-0.2, -0.15) is 0 Å². The summed E-state index contributed by atoms with van der Waals surface area (Å²) in [7, 11) is 1.70. The van der Waals surface area contributed by atoms with Crippen LogP contribution in [-0.4, -0.2) is 22.7 Å². The van der Waals surface area contributed by atoms with Crippen molar-refractivity contribution in [3.05, 3.63) is 47.3 Å². The number of anilines is 1. The van der Waals surface area contributed by atoms with Crippen LogP contribution in [-0.2, 0) is 4.74 Å². The van der Waals surface area contributed by atoms with E-state index in [0.29, 0.717) is 17.4 Å². The first-order chi connectivity index (χ1) is 11.0. The molecule has 1 unspecified atom stereocenters. The highest BCUT2D eigenvalue weighted by atomic mass is 16.5. The summed E-state index contributed by atoms with van der Waals surface area (Å²) in [5.41, 5.74) is 7.71. The first-order valence-electron chi connectivity index (χ1n) is 7.43. The molecular weight excluding hydrogens is 290 g/mol. The summed E-state index contributed by atoms with van der Waals surface area (Å²) in [5, 5.41) is 0. The molecule has 1 aliphatic heterocycles. The maximum absolute atomic E-state index is 5.92. The molecule has 0 amide bonds. The van der Waals surface area contributed by atoms with Crippen molar-refractivity contribution in [1.82, 2.24) is 9.97 Å². The molecule has 0 saturated heterocycles. The Morgan fingerprint density at radius 1 is 1.35 bits per heavy atom. The summed E-state index contributed by atoms with van der Waals surface area (Å²) in [6, 6.07) is 7.34. The average Bonchev–Trinajstić information content (AvgIpc) is 2.51. The molecule has 0 radical (unpaired) electrons. The number of ether oxygens (including phenoxy) is 2.